The number of rotatable bonds is 9. The molecule has 1 heterocycles. The molecule has 1 N–H and O–H groups in total. The van der Waals surface area contributed by atoms with Gasteiger partial charge in [-0.05, 0) is 38.1 Å². The number of ether oxygens (including phenoxy) is 1. The number of likely N-dealkylation sites (N-methyl/N-ethyl adjacent to an activating group) is 1. The Labute approximate surface area is 162 Å². The highest BCUT2D eigenvalue weighted by molar-refractivity contribution is 7.88. The zero-order valence-electron chi connectivity index (χ0n) is 16.5. The number of nitrogens with one attached hydrogen (secondary N) is 1. The van der Waals surface area contributed by atoms with Crippen LogP contribution in [0.1, 0.15) is 26.7 Å². The maximum absolute atomic E-state index is 12.6. The summed E-state index contributed by atoms with van der Waals surface area (Å²) in [6.07, 6.45) is 2.27. The van der Waals surface area contributed by atoms with Gasteiger partial charge in [-0.1, -0.05) is 26.0 Å². The quantitative estimate of drug-likeness (QED) is 0.690. The van der Waals surface area contributed by atoms with Gasteiger partial charge in [-0.3, -0.25) is 4.79 Å². The Kier molecular flexibility index (Phi) is 8.07. The van der Waals surface area contributed by atoms with Crippen molar-refractivity contribution in [2.45, 2.75) is 26.7 Å². The topological polar surface area (TPSA) is 79.0 Å². The molecule has 7 nitrogen and oxygen atoms in total. The minimum absolute atomic E-state index is 0.0806. The fourth-order valence-electron chi connectivity index (χ4n) is 3.20. The van der Waals surface area contributed by atoms with Crippen molar-refractivity contribution in [1.29, 1.82) is 0 Å². The molecule has 0 radical (unpaired) electrons. The van der Waals surface area contributed by atoms with Crippen molar-refractivity contribution in [3.8, 4) is 5.75 Å². The number of hydrogen-bond donors (Lipinski definition) is 1. The van der Waals surface area contributed by atoms with E-state index in [0.717, 1.165) is 19.6 Å². The first-order valence-corrected chi connectivity index (χ1v) is 11.4. The number of para-hydroxylation sites is 2. The van der Waals surface area contributed by atoms with Gasteiger partial charge >= 0.3 is 0 Å². The van der Waals surface area contributed by atoms with E-state index in [4.69, 9.17) is 4.74 Å². The summed E-state index contributed by atoms with van der Waals surface area (Å²) >= 11 is 0. The van der Waals surface area contributed by atoms with Crippen molar-refractivity contribution in [2.24, 2.45) is 5.92 Å². The van der Waals surface area contributed by atoms with Crippen LogP contribution < -0.4 is 10.1 Å². The van der Waals surface area contributed by atoms with Crippen LogP contribution in [-0.4, -0.2) is 69.1 Å². The van der Waals surface area contributed by atoms with Gasteiger partial charge < -0.3 is 15.0 Å². The van der Waals surface area contributed by atoms with Crippen molar-refractivity contribution < 1.29 is 17.9 Å². The number of carbonyl (C=O) groups excluding carboxylic acids is 1. The standard InChI is InChI=1S/C19H31N3O4S/c1-4-21(5-2)14-15-26-18-9-7-6-8-17(18)20-19(23)16-10-12-22(13-11-16)27(3,24)25/h6-9,16H,4-5,10-15H2,1-3H3,(H,20,23). The first-order chi connectivity index (χ1) is 12.8. The summed E-state index contributed by atoms with van der Waals surface area (Å²) in [6, 6.07) is 7.42. The minimum atomic E-state index is -3.18. The predicted octanol–water partition coefficient (Wildman–Crippen LogP) is 2.02. The van der Waals surface area contributed by atoms with Crippen LogP contribution in [0.3, 0.4) is 0 Å². The zero-order valence-corrected chi connectivity index (χ0v) is 17.3. The molecular weight excluding hydrogens is 366 g/mol. The van der Waals surface area contributed by atoms with Gasteiger partial charge in [0.05, 0.1) is 11.9 Å². The Balaban J connectivity index is 1.91. The molecule has 0 spiro atoms. The summed E-state index contributed by atoms with van der Waals surface area (Å²) in [4.78, 5) is 14.9. The van der Waals surface area contributed by atoms with Crippen molar-refractivity contribution in [1.82, 2.24) is 9.21 Å². The fraction of sp³-hybridized carbons (Fsp3) is 0.632. The summed E-state index contributed by atoms with van der Waals surface area (Å²) in [5.74, 6) is 0.390. The van der Waals surface area contributed by atoms with Gasteiger partial charge in [0, 0.05) is 25.6 Å². The Morgan fingerprint density at radius 3 is 2.44 bits per heavy atom. The van der Waals surface area contributed by atoms with E-state index in [9.17, 15) is 13.2 Å². The normalized spacial score (nSPS) is 16.4. The van der Waals surface area contributed by atoms with Crippen molar-refractivity contribution in [3.63, 3.8) is 0 Å². The zero-order chi connectivity index (χ0) is 19.9. The summed E-state index contributed by atoms with van der Waals surface area (Å²) < 4.78 is 30.5. The Hall–Kier alpha value is -1.64. The molecule has 2 rings (SSSR count). The molecule has 1 aromatic carbocycles. The third-order valence-corrected chi connectivity index (χ3v) is 6.30. The van der Waals surface area contributed by atoms with Crippen molar-refractivity contribution in [3.05, 3.63) is 24.3 Å². The summed E-state index contributed by atoms with van der Waals surface area (Å²) in [5, 5.41) is 2.95. The number of piperidine rings is 1. The van der Waals surface area contributed by atoms with E-state index in [2.05, 4.69) is 24.1 Å². The van der Waals surface area contributed by atoms with Gasteiger partial charge in [0.1, 0.15) is 12.4 Å². The van der Waals surface area contributed by atoms with E-state index in [1.54, 1.807) is 0 Å². The van der Waals surface area contributed by atoms with Crippen LogP contribution in [0, 0.1) is 5.92 Å². The molecule has 152 valence electrons. The minimum Gasteiger partial charge on any atom is -0.490 e. The molecule has 0 aliphatic carbocycles. The molecule has 1 saturated heterocycles. The first kappa shape index (κ1) is 21.7. The lowest BCUT2D eigenvalue weighted by Crippen LogP contribution is -2.40. The maximum atomic E-state index is 12.6. The van der Waals surface area contributed by atoms with Gasteiger partial charge in [0.15, 0.2) is 0 Å². The van der Waals surface area contributed by atoms with Gasteiger partial charge in [0.2, 0.25) is 15.9 Å². The van der Waals surface area contributed by atoms with Crippen LogP contribution in [0.4, 0.5) is 5.69 Å². The summed E-state index contributed by atoms with van der Waals surface area (Å²) in [5.41, 5.74) is 0.660. The number of amides is 1. The maximum Gasteiger partial charge on any atom is 0.227 e. The average Bonchev–Trinajstić information content (AvgIpc) is 2.66. The molecule has 0 saturated carbocycles. The van der Waals surface area contributed by atoms with Gasteiger partial charge in [-0.15, -0.1) is 0 Å². The molecular formula is C19H31N3O4S. The Morgan fingerprint density at radius 1 is 1.22 bits per heavy atom. The van der Waals surface area contributed by atoms with Crippen LogP contribution >= 0.6 is 0 Å². The number of anilines is 1. The molecule has 1 aliphatic heterocycles. The third-order valence-electron chi connectivity index (χ3n) is 5.00. The molecule has 27 heavy (non-hydrogen) atoms. The second-order valence-electron chi connectivity index (χ2n) is 6.80. The lowest BCUT2D eigenvalue weighted by atomic mass is 9.97. The molecule has 1 aliphatic rings. The number of carbonyl (C=O) groups is 1. The van der Waals surface area contributed by atoms with E-state index < -0.39 is 10.0 Å². The second-order valence-corrected chi connectivity index (χ2v) is 8.78. The van der Waals surface area contributed by atoms with E-state index in [1.807, 2.05) is 24.3 Å². The third kappa shape index (κ3) is 6.48. The number of nitrogens with zero attached hydrogens (tertiary/aromatic N) is 2. The van der Waals surface area contributed by atoms with Crippen molar-refractivity contribution >= 4 is 21.6 Å². The van der Waals surface area contributed by atoms with Crippen LogP contribution in [0.2, 0.25) is 0 Å². The van der Waals surface area contributed by atoms with Crippen molar-refractivity contribution in [2.75, 3.05) is 50.9 Å². The molecule has 1 fully saturated rings. The smallest absolute Gasteiger partial charge is 0.227 e. The molecule has 0 bridgehead atoms. The van der Waals surface area contributed by atoms with Gasteiger partial charge in [0.25, 0.3) is 0 Å². The molecule has 1 aromatic rings. The van der Waals surface area contributed by atoms with E-state index in [-0.39, 0.29) is 11.8 Å². The summed E-state index contributed by atoms with van der Waals surface area (Å²) in [7, 11) is -3.18. The highest BCUT2D eigenvalue weighted by Crippen LogP contribution is 2.26. The van der Waals surface area contributed by atoms with Crippen LogP contribution in [-0.2, 0) is 14.8 Å². The van der Waals surface area contributed by atoms with Crippen LogP contribution in [0.15, 0.2) is 24.3 Å². The molecule has 0 aromatic heterocycles. The van der Waals surface area contributed by atoms with Gasteiger partial charge in [-0.25, -0.2) is 12.7 Å². The predicted molar refractivity (Wildman–Crippen MR) is 107 cm³/mol. The highest BCUT2D eigenvalue weighted by atomic mass is 32.2. The van der Waals surface area contributed by atoms with E-state index in [0.29, 0.717) is 44.0 Å². The number of benzene rings is 1. The lowest BCUT2D eigenvalue weighted by Gasteiger charge is -2.29. The lowest BCUT2D eigenvalue weighted by molar-refractivity contribution is -0.120. The molecule has 1 amide bonds. The van der Waals surface area contributed by atoms with E-state index in [1.165, 1.54) is 10.6 Å². The molecule has 8 heteroatoms. The largest absolute Gasteiger partial charge is 0.490 e. The Bertz CT molecular complexity index is 711. The van der Waals surface area contributed by atoms with E-state index >= 15 is 0 Å². The monoisotopic (exact) mass is 397 g/mol. The molecule has 0 atom stereocenters. The second kappa shape index (κ2) is 10.1. The summed E-state index contributed by atoms with van der Waals surface area (Å²) in [6.45, 7) is 8.35. The van der Waals surface area contributed by atoms with Crippen LogP contribution in [0.25, 0.3) is 0 Å². The number of sulfonamides is 1. The SMILES string of the molecule is CCN(CC)CCOc1ccccc1NC(=O)C1CCN(S(C)(=O)=O)CC1. The molecule has 0 unspecified atom stereocenters. The first-order valence-electron chi connectivity index (χ1n) is 9.55. The highest BCUT2D eigenvalue weighted by Gasteiger charge is 2.29. The fourth-order valence-corrected chi connectivity index (χ4v) is 4.08. The van der Waals surface area contributed by atoms with Gasteiger partial charge in [-0.2, -0.15) is 0 Å². The number of hydrogen-bond acceptors (Lipinski definition) is 5. The Morgan fingerprint density at radius 2 is 1.85 bits per heavy atom. The average molecular weight is 398 g/mol. The van der Waals surface area contributed by atoms with Crippen LogP contribution in [0.5, 0.6) is 5.75 Å².